The Kier molecular flexibility index (Phi) is 2.39. The van der Waals surface area contributed by atoms with Crippen LogP contribution in [0.3, 0.4) is 0 Å². The molecular formula is C8H3BrFIS. The monoisotopic (exact) mass is 356 g/mol. The molecule has 0 fully saturated rings. The van der Waals surface area contributed by atoms with Crippen LogP contribution in [0.25, 0.3) is 10.1 Å². The Balaban J connectivity index is 2.95. The summed E-state index contributed by atoms with van der Waals surface area (Å²) < 4.78 is 16.0. The van der Waals surface area contributed by atoms with Gasteiger partial charge in [0.15, 0.2) is 0 Å². The third kappa shape index (κ3) is 1.29. The number of fused-ring (bicyclic) bond motifs is 1. The number of halogens is 3. The normalized spacial score (nSPS) is 10.9. The number of thiophene rings is 1. The Morgan fingerprint density at radius 2 is 2.17 bits per heavy atom. The van der Waals surface area contributed by atoms with Gasteiger partial charge in [-0.05, 0) is 44.6 Å². The third-order valence-corrected chi connectivity index (χ3v) is 5.68. The average Bonchev–Trinajstić information content (AvgIpc) is 2.32. The van der Waals surface area contributed by atoms with Gasteiger partial charge in [-0.25, -0.2) is 4.39 Å². The highest BCUT2D eigenvalue weighted by Crippen LogP contribution is 2.37. The molecule has 4 heteroatoms. The van der Waals surface area contributed by atoms with Crippen LogP contribution in [0.1, 0.15) is 0 Å². The van der Waals surface area contributed by atoms with Crippen LogP contribution in [0, 0.1) is 9.39 Å². The lowest BCUT2D eigenvalue weighted by atomic mass is 10.3. The predicted molar refractivity (Wildman–Crippen MR) is 62.2 cm³/mol. The summed E-state index contributed by atoms with van der Waals surface area (Å²) in [6.07, 6.45) is 0. The van der Waals surface area contributed by atoms with Gasteiger partial charge in [-0.15, -0.1) is 11.3 Å². The lowest BCUT2D eigenvalue weighted by molar-refractivity contribution is 0.641. The second-order valence-electron chi connectivity index (χ2n) is 2.31. The number of benzene rings is 1. The van der Waals surface area contributed by atoms with Crippen molar-refractivity contribution in [2.75, 3.05) is 0 Å². The summed E-state index contributed by atoms with van der Waals surface area (Å²) in [5, 5.41) is 0.993. The van der Waals surface area contributed by atoms with E-state index in [1.807, 2.05) is 6.07 Å². The molecule has 0 aliphatic rings. The maximum atomic E-state index is 13.2. The second kappa shape index (κ2) is 3.23. The van der Waals surface area contributed by atoms with E-state index in [0.29, 0.717) is 0 Å². The van der Waals surface area contributed by atoms with Crippen LogP contribution in [0.5, 0.6) is 0 Å². The van der Waals surface area contributed by atoms with Crippen molar-refractivity contribution in [3.63, 3.8) is 0 Å². The highest BCUT2D eigenvalue weighted by Gasteiger charge is 2.09. The van der Waals surface area contributed by atoms with Crippen molar-refractivity contribution < 1.29 is 4.39 Å². The van der Waals surface area contributed by atoms with Crippen molar-refractivity contribution in [2.45, 2.75) is 0 Å². The van der Waals surface area contributed by atoms with Crippen LogP contribution >= 0.6 is 49.9 Å². The van der Waals surface area contributed by atoms with Crippen molar-refractivity contribution in [1.82, 2.24) is 0 Å². The molecule has 0 radical (unpaired) electrons. The van der Waals surface area contributed by atoms with Gasteiger partial charge >= 0.3 is 0 Å². The molecule has 12 heavy (non-hydrogen) atoms. The SMILES string of the molecule is Fc1cccc2c(I)c(Br)sc12. The molecule has 0 saturated carbocycles. The first kappa shape index (κ1) is 8.90. The van der Waals surface area contributed by atoms with Gasteiger partial charge < -0.3 is 0 Å². The standard InChI is InChI=1S/C8H3BrFIS/c9-8-6(11)4-2-1-3-5(10)7(4)12-8/h1-3H. The van der Waals surface area contributed by atoms with E-state index in [4.69, 9.17) is 0 Å². The predicted octanol–water partition coefficient (Wildman–Crippen LogP) is 4.41. The van der Waals surface area contributed by atoms with E-state index in [-0.39, 0.29) is 5.82 Å². The Bertz CT molecular complexity index is 438. The lowest BCUT2D eigenvalue weighted by Gasteiger charge is -1.89. The van der Waals surface area contributed by atoms with E-state index in [1.54, 1.807) is 6.07 Å². The minimum atomic E-state index is -0.138. The van der Waals surface area contributed by atoms with E-state index in [1.165, 1.54) is 17.4 Å². The van der Waals surface area contributed by atoms with Crippen LogP contribution < -0.4 is 0 Å². The molecule has 0 saturated heterocycles. The van der Waals surface area contributed by atoms with Gasteiger partial charge in [0.1, 0.15) is 5.82 Å². The minimum Gasteiger partial charge on any atom is -0.205 e. The van der Waals surface area contributed by atoms with E-state index in [2.05, 4.69) is 38.5 Å². The Morgan fingerprint density at radius 3 is 2.83 bits per heavy atom. The van der Waals surface area contributed by atoms with E-state index >= 15 is 0 Å². The first-order chi connectivity index (χ1) is 5.70. The van der Waals surface area contributed by atoms with Crippen LogP contribution in [0.15, 0.2) is 22.0 Å². The number of rotatable bonds is 0. The Morgan fingerprint density at radius 1 is 1.42 bits per heavy atom. The summed E-state index contributed by atoms with van der Waals surface area (Å²) in [7, 11) is 0. The maximum Gasteiger partial charge on any atom is 0.141 e. The molecule has 0 bridgehead atoms. The third-order valence-electron chi connectivity index (χ3n) is 1.57. The molecule has 0 nitrogen and oxygen atoms in total. The lowest BCUT2D eigenvalue weighted by Crippen LogP contribution is -1.72. The van der Waals surface area contributed by atoms with Crippen molar-refractivity contribution >= 4 is 59.9 Å². The zero-order chi connectivity index (χ0) is 8.72. The van der Waals surface area contributed by atoms with Crippen molar-refractivity contribution in [3.05, 3.63) is 31.4 Å². The summed E-state index contributed by atoms with van der Waals surface area (Å²) in [6, 6.07) is 5.15. The molecule has 0 atom stereocenters. The molecule has 62 valence electrons. The average molecular weight is 357 g/mol. The Labute approximate surface area is 95.0 Å². The zero-order valence-corrected chi connectivity index (χ0v) is 10.3. The van der Waals surface area contributed by atoms with Gasteiger partial charge in [-0.3, -0.25) is 0 Å². The Hall–Kier alpha value is 0.320. The summed E-state index contributed by atoms with van der Waals surface area (Å²) in [4.78, 5) is 0. The summed E-state index contributed by atoms with van der Waals surface area (Å²) in [5.74, 6) is -0.138. The van der Waals surface area contributed by atoms with E-state index < -0.39 is 0 Å². The van der Waals surface area contributed by atoms with Crippen LogP contribution in [0.4, 0.5) is 4.39 Å². The maximum absolute atomic E-state index is 13.2. The molecule has 0 unspecified atom stereocenters. The largest absolute Gasteiger partial charge is 0.205 e. The topological polar surface area (TPSA) is 0 Å². The first-order valence-electron chi connectivity index (χ1n) is 3.22. The molecule has 1 heterocycles. The molecule has 1 aromatic carbocycles. The van der Waals surface area contributed by atoms with Crippen molar-refractivity contribution in [1.29, 1.82) is 0 Å². The highest BCUT2D eigenvalue weighted by molar-refractivity contribution is 14.1. The van der Waals surface area contributed by atoms with Gasteiger partial charge in [-0.2, -0.15) is 0 Å². The minimum absolute atomic E-state index is 0.138. The highest BCUT2D eigenvalue weighted by atomic mass is 127. The van der Waals surface area contributed by atoms with Gasteiger partial charge in [0, 0.05) is 8.96 Å². The van der Waals surface area contributed by atoms with E-state index in [9.17, 15) is 4.39 Å². The zero-order valence-electron chi connectivity index (χ0n) is 5.77. The fraction of sp³-hybridized carbons (Fsp3) is 0. The van der Waals surface area contributed by atoms with Crippen molar-refractivity contribution in [3.8, 4) is 0 Å². The van der Waals surface area contributed by atoms with Gasteiger partial charge in [0.2, 0.25) is 0 Å². The molecule has 0 N–H and O–H groups in total. The van der Waals surface area contributed by atoms with E-state index in [0.717, 1.165) is 17.4 Å². The molecule has 2 rings (SSSR count). The quantitative estimate of drug-likeness (QED) is 0.613. The molecule has 0 aliphatic heterocycles. The number of hydrogen-bond acceptors (Lipinski definition) is 1. The molecule has 1 aromatic heterocycles. The molecular weight excluding hydrogens is 354 g/mol. The summed E-state index contributed by atoms with van der Waals surface area (Å²) in [6.45, 7) is 0. The first-order valence-corrected chi connectivity index (χ1v) is 5.91. The fourth-order valence-corrected chi connectivity index (χ4v) is 3.51. The van der Waals surface area contributed by atoms with Gasteiger partial charge in [0.05, 0.1) is 8.49 Å². The van der Waals surface area contributed by atoms with Gasteiger partial charge in [-0.1, -0.05) is 12.1 Å². The molecule has 0 amide bonds. The second-order valence-corrected chi connectivity index (χ2v) is 5.72. The van der Waals surface area contributed by atoms with Crippen molar-refractivity contribution in [2.24, 2.45) is 0 Å². The fourth-order valence-electron chi connectivity index (χ4n) is 1.03. The summed E-state index contributed by atoms with van der Waals surface area (Å²) >= 11 is 7.04. The molecule has 2 aromatic rings. The van der Waals surface area contributed by atoms with Crippen LogP contribution in [-0.4, -0.2) is 0 Å². The molecule has 0 aliphatic carbocycles. The van der Waals surface area contributed by atoms with Gasteiger partial charge in [0.25, 0.3) is 0 Å². The molecule has 0 spiro atoms. The van der Waals surface area contributed by atoms with Crippen LogP contribution in [-0.2, 0) is 0 Å². The van der Waals surface area contributed by atoms with Crippen LogP contribution in [0.2, 0.25) is 0 Å². The smallest absolute Gasteiger partial charge is 0.141 e. The summed E-state index contributed by atoms with van der Waals surface area (Å²) in [5.41, 5.74) is 0. The number of hydrogen-bond donors (Lipinski definition) is 0.